The molecular weight excluding hydrogens is 493 g/mol. The second kappa shape index (κ2) is 12.0. The number of benzene rings is 3. The number of nitrogens with one attached hydrogen (secondary N) is 1. The third-order valence-corrected chi connectivity index (χ3v) is 7.48. The molecule has 0 aliphatic carbocycles. The summed E-state index contributed by atoms with van der Waals surface area (Å²) >= 11 is 0. The highest BCUT2D eigenvalue weighted by Gasteiger charge is 2.21. The van der Waals surface area contributed by atoms with Gasteiger partial charge in [-0.05, 0) is 60.5 Å². The van der Waals surface area contributed by atoms with Crippen molar-refractivity contribution in [2.75, 3.05) is 44.1 Å². The first-order valence-corrected chi connectivity index (χ1v) is 13.5. The normalized spacial score (nSPS) is 14.6. The number of carbonyl (C=O) groups excluding carboxylic acids is 1. The van der Waals surface area contributed by atoms with Gasteiger partial charge in [-0.15, -0.1) is 0 Å². The Hall–Kier alpha value is -3.69. The number of sulfonamides is 1. The van der Waals surface area contributed by atoms with Crippen LogP contribution in [0.4, 0.5) is 10.1 Å². The monoisotopic (exact) mass is 523 g/mol. The number of hydrogen-bond donors (Lipinski definition) is 1. The zero-order valence-corrected chi connectivity index (χ0v) is 21.5. The van der Waals surface area contributed by atoms with Gasteiger partial charge in [0.2, 0.25) is 0 Å². The molecule has 1 N–H and O–H groups in total. The molecule has 1 aliphatic heterocycles. The molecule has 0 spiro atoms. The molecule has 194 valence electrons. The Balaban J connectivity index is 1.25. The smallest absolute Gasteiger partial charge is 0.261 e. The van der Waals surface area contributed by atoms with Gasteiger partial charge in [-0.2, -0.15) is 0 Å². The molecule has 0 radical (unpaired) electrons. The molecule has 3 aromatic rings. The maximum absolute atomic E-state index is 13.1. The summed E-state index contributed by atoms with van der Waals surface area (Å²) in [6.07, 6.45) is 4.24. The molecule has 4 rings (SSSR count). The van der Waals surface area contributed by atoms with Gasteiger partial charge in [-0.1, -0.05) is 42.5 Å². The number of nitrogens with zero attached hydrogens (tertiary/aromatic N) is 2. The van der Waals surface area contributed by atoms with Gasteiger partial charge < -0.3 is 9.64 Å². The number of rotatable bonds is 9. The minimum absolute atomic E-state index is 0.0467. The van der Waals surface area contributed by atoms with Crippen LogP contribution in [-0.4, -0.2) is 63.5 Å². The molecule has 9 heteroatoms. The van der Waals surface area contributed by atoms with Crippen LogP contribution in [0.2, 0.25) is 0 Å². The third-order valence-electron chi connectivity index (χ3n) is 6.10. The summed E-state index contributed by atoms with van der Waals surface area (Å²) < 4.78 is 46.6. The van der Waals surface area contributed by atoms with E-state index in [4.69, 9.17) is 4.74 Å². The fourth-order valence-electron chi connectivity index (χ4n) is 4.00. The van der Waals surface area contributed by atoms with Gasteiger partial charge in [0.1, 0.15) is 11.6 Å². The second-order valence-electron chi connectivity index (χ2n) is 8.82. The van der Waals surface area contributed by atoms with E-state index >= 15 is 0 Å². The Morgan fingerprint density at radius 3 is 2.38 bits per heavy atom. The molecule has 1 amide bonds. The number of ether oxygens (including phenoxy) is 1. The number of halogens is 1. The molecular formula is C28H30FN3O4S. The maximum atomic E-state index is 13.1. The summed E-state index contributed by atoms with van der Waals surface area (Å²) in [5, 5.41) is 0. The zero-order chi connectivity index (χ0) is 26.3. The van der Waals surface area contributed by atoms with E-state index in [1.807, 2.05) is 18.2 Å². The molecule has 0 saturated carbocycles. The van der Waals surface area contributed by atoms with E-state index in [0.717, 1.165) is 19.6 Å². The lowest BCUT2D eigenvalue weighted by Crippen LogP contribution is -2.49. The molecule has 1 fully saturated rings. The predicted octanol–water partition coefficient (Wildman–Crippen LogP) is 4.17. The number of amides is 1. The van der Waals surface area contributed by atoms with Crippen LogP contribution in [0.5, 0.6) is 5.75 Å². The maximum Gasteiger partial charge on any atom is 0.261 e. The van der Waals surface area contributed by atoms with Crippen molar-refractivity contribution >= 4 is 27.7 Å². The van der Waals surface area contributed by atoms with E-state index in [1.54, 1.807) is 17.9 Å². The number of aryl methyl sites for hydroxylation is 1. The quantitative estimate of drug-likeness (QED) is 0.456. The Labute approximate surface area is 217 Å². The summed E-state index contributed by atoms with van der Waals surface area (Å²) in [6.45, 7) is 5.28. The lowest BCUT2D eigenvalue weighted by Gasteiger charge is -2.34. The number of carbonyl (C=O) groups is 1. The zero-order valence-electron chi connectivity index (χ0n) is 20.6. The SMILES string of the molecule is Cc1cc(S(=O)(=O)Nc2ccc(F)cc2)ccc1OCC(=O)N1CCN(C/C=C/c2ccccc2)CC1. The first-order valence-electron chi connectivity index (χ1n) is 12.0. The van der Waals surface area contributed by atoms with E-state index in [2.05, 4.69) is 33.9 Å². The lowest BCUT2D eigenvalue weighted by atomic mass is 10.2. The van der Waals surface area contributed by atoms with Crippen molar-refractivity contribution < 1.29 is 22.3 Å². The van der Waals surface area contributed by atoms with Crippen LogP contribution in [-0.2, 0) is 14.8 Å². The van der Waals surface area contributed by atoms with Crippen LogP contribution in [0.3, 0.4) is 0 Å². The van der Waals surface area contributed by atoms with Crippen LogP contribution >= 0.6 is 0 Å². The first-order chi connectivity index (χ1) is 17.8. The van der Waals surface area contributed by atoms with Gasteiger partial charge in [-0.25, -0.2) is 12.8 Å². The largest absolute Gasteiger partial charge is 0.483 e. The minimum atomic E-state index is -3.85. The van der Waals surface area contributed by atoms with Gasteiger partial charge in [0.25, 0.3) is 15.9 Å². The van der Waals surface area contributed by atoms with E-state index in [1.165, 1.54) is 42.0 Å². The van der Waals surface area contributed by atoms with Crippen molar-refractivity contribution in [1.82, 2.24) is 9.80 Å². The fraction of sp³-hybridized carbons (Fsp3) is 0.250. The predicted molar refractivity (Wildman–Crippen MR) is 142 cm³/mol. The molecule has 3 aromatic carbocycles. The number of piperazine rings is 1. The van der Waals surface area contributed by atoms with Gasteiger partial charge in [0.05, 0.1) is 4.90 Å². The molecule has 0 unspecified atom stereocenters. The van der Waals surface area contributed by atoms with Crippen molar-refractivity contribution in [3.05, 3.63) is 95.8 Å². The average molecular weight is 524 g/mol. The van der Waals surface area contributed by atoms with Crippen molar-refractivity contribution in [2.24, 2.45) is 0 Å². The first kappa shape index (κ1) is 26.4. The third kappa shape index (κ3) is 7.41. The number of anilines is 1. The van der Waals surface area contributed by atoms with Crippen molar-refractivity contribution in [1.29, 1.82) is 0 Å². The molecule has 0 aromatic heterocycles. The van der Waals surface area contributed by atoms with E-state index < -0.39 is 15.8 Å². The Kier molecular flexibility index (Phi) is 8.58. The summed E-state index contributed by atoms with van der Waals surface area (Å²) in [5.41, 5.74) is 2.01. The molecule has 1 saturated heterocycles. The molecule has 0 bridgehead atoms. The number of hydrogen-bond acceptors (Lipinski definition) is 5. The van der Waals surface area contributed by atoms with Gasteiger partial charge in [-0.3, -0.25) is 14.4 Å². The molecule has 7 nitrogen and oxygen atoms in total. The highest BCUT2D eigenvalue weighted by atomic mass is 32.2. The second-order valence-corrected chi connectivity index (χ2v) is 10.5. The topological polar surface area (TPSA) is 78.9 Å². The van der Waals surface area contributed by atoms with Crippen molar-refractivity contribution in [2.45, 2.75) is 11.8 Å². The van der Waals surface area contributed by atoms with Gasteiger partial charge in [0, 0.05) is 38.4 Å². The molecule has 37 heavy (non-hydrogen) atoms. The summed E-state index contributed by atoms with van der Waals surface area (Å²) in [7, 11) is -3.85. The van der Waals surface area contributed by atoms with Crippen LogP contribution in [0, 0.1) is 12.7 Å². The van der Waals surface area contributed by atoms with Crippen molar-refractivity contribution in [3.8, 4) is 5.75 Å². The van der Waals surface area contributed by atoms with Gasteiger partial charge >= 0.3 is 0 Å². The highest BCUT2D eigenvalue weighted by molar-refractivity contribution is 7.92. The highest BCUT2D eigenvalue weighted by Crippen LogP contribution is 2.24. The Morgan fingerprint density at radius 2 is 1.70 bits per heavy atom. The van der Waals surface area contributed by atoms with Crippen molar-refractivity contribution in [3.63, 3.8) is 0 Å². The summed E-state index contributed by atoms with van der Waals surface area (Å²) in [6, 6.07) is 19.6. The average Bonchev–Trinajstić information content (AvgIpc) is 2.90. The lowest BCUT2D eigenvalue weighted by molar-refractivity contribution is -0.135. The van der Waals surface area contributed by atoms with Crippen LogP contribution in [0.25, 0.3) is 6.08 Å². The Bertz CT molecular complexity index is 1340. The fourth-order valence-corrected chi connectivity index (χ4v) is 5.14. The summed E-state index contributed by atoms with van der Waals surface area (Å²) in [5.74, 6) is -0.111. The van der Waals surface area contributed by atoms with E-state index in [0.29, 0.717) is 24.4 Å². The molecule has 0 atom stereocenters. The summed E-state index contributed by atoms with van der Waals surface area (Å²) in [4.78, 5) is 16.8. The van der Waals surface area contributed by atoms with E-state index in [9.17, 15) is 17.6 Å². The standard InChI is InChI=1S/C28H30FN3O4S/c1-22-20-26(37(34,35)30-25-11-9-24(29)10-12-25)13-14-27(22)36-21-28(33)32-18-16-31(17-19-32)15-5-8-23-6-3-2-4-7-23/h2-14,20,30H,15-19,21H2,1H3/b8-5+. The molecule has 1 heterocycles. The Morgan fingerprint density at radius 1 is 1.00 bits per heavy atom. The molecule has 1 aliphatic rings. The minimum Gasteiger partial charge on any atom is -0.483 e. The van der Waals surface area contributed by atoms with Gasteiger partial charge in [0.15, 0.2) is 6.61 Å². The van der Waals surface area contributed by atoms with Crippen LogP contribution in [0.15, 0.2) is 83.8 Å². The van der Waals surface area contributed by atoms with Crippen LogP contribution in [0.1, 0.15) is 11.1 Å². The van der Waals surface area contributed by atoms with Crippen LogP contribution < -0.4 is 9.46 Å². The van der Waals surface area contributed by atoms with E-state index in [-0.39, 0.29) is 23.1 Å².